The molecule has 0 bridgehead atoms. The maximum atomic E-state index is 13.0. The normalized spacial score (nSPS) is 11.4. The zero-order valence-corrected chi connectivity index (χ0v) is 15.3. The zero-order chi connectivity index (χ0) is 19.8. The van der Waals surface area contributed by atoms with Gasteiger partial charge in [0.2, 0.25) is 0 Å². The number of rotatable bonds is 5. The van der Waals surface area contributed by atoms with Gasteiger partial charge < -0.3 is 14.9 Å². The third-order valence-corrected chi connectivity index (χ3v) is 4.92. The monoisotopic (exact) mass is 377 g/mol. The van der Waals surface area contributed by atoms with Crippen molar-refractivity contribution in [1.82, 2.24) is 14.1 Å². The van der Waals surface area contributed by atoms with Crippen molar-refractivity contribution in [3.8, 4) is 11.3 Å². The first-order valence-electron chi connectivity index (χ1n) is 8.94. The first kappa shape index (κ1) is 17.9. The number of nitrogens with two attached hydrogens (primary N) is 1. The molecule has 0 fully saturated rings. The van der Waals surface area contributed by atoms with Crippen molar-refractivity contribution in [1.29, 1.82) is 0 Å². The third kappa shape index (κ3) is 2.84. The maximum absolute atomic E-state index is 13.0. The average Bonchev–Trinajstić information content (AvgIpc) is 3.06. The minimum atomic E-state index is -0.424. The van der Waals surface area contributed by atoms with Crippen LogP contribution < -0.4 is 11.3 Å². The van der Waals surface area contributed by atoms with E-state index < -0.39 is 4.92 Å². The molecule has 0 amide bonds. The molecule has 0 aliphatic carbocycles. The molecular formula is C20H19N5O3. The summed E-state index contributed by atoms with van der Waals surface area (Å²) < 4.78 is 3.48. The lowest BCUT2D eigenvalue weighted by Crippen LogP contribution is -2.20. The summed E-state index contributed by atoms with van der Waals surface area (Å²) in [6, 6.07) is 12.1. The molecule has 0 saturated heterocycles. The molecule has 0 aliphatic heterocycles. The van der Waals surface area contributed by atoms with Crippen LogP contribution in [0.4, 0.5) is 5.69 Å². The van der Waals surface area contributed by atoms with Gasteiger partial charge >= 0.3 is 0 Å². The lowest BCUT2D eigenvalue weighted by molar-refractivity contribution is -0.384. The molecule has 4 rings (SSSR count). The fourth-order valence-electron chi connectivity index (χ4n) is 3.48. The molecule has 0 unspecified atom stereocenters. The minimum Gasteiger partial charge on any atom is -0.347 e. The first-order valence-corrected chi connectivity index (χ1v) is 8.94. The van der Waals surface area contributed by atoms with Crippen LogP contribution in [0.2, 0.25) is 0 Å². The van der Waals surface area contributed by atoms with Crippen LogP contribution >= 0.6 is 0 Å². The van der Waals surface area contributed by atoms with Gasteiger partial charge in [-0.2, -0.15) is 0 Å². The van der Waals surface area contributed by atoms with E-state index in [2.05, 4.69) is 4.98 Å². The highest BCUT2D eigenvalue weighted by Gasteiger charge is 2.19. The van der Waals surface area contributed by atoms with Crippen molar-refractivity contribution in [2.75, 3.05) is 6.54 Å². The van der Waals surface area contributed by atoms with Crippen LogP contribution in [0.25, 0.3) is 33.2 Å². The van der Waals surface area contributed by atoms with E-state index in [0.717, 1.165) is 17.3 Å². The Hall–Kier alpha value is -3.52. The van der Waals surface area contributed by atoms with Gasteiger partial charge in [0.25, 0.3) is 11.2 Å². The van der Waals surface area contributed by atoms with Crippen molar-refractivity contribution >= 4 is 27.6 Å². The van der Waals surface area contributed by atoms with Gasteiger partial charge in [-0.25, -0.2) is 4.98 Å². The standard InChI is InChI=1S/C20H19N5O3/c1-23-17-6-3-2-5-16(17)22-19(20(23)26)15-12-24(10-4-9-21)18-11-13(25(27)28)7-8-14(15)18/h2-3,5-8,11-12H,4,9-10,21H2,1H3. The largest absolute Gasteiger partial charge is 0.347 e. The first-order chi connectivity index (χ1) is 13.5. The number of nitro benzene ring substituents is 1. The van der Waals surface area contributed by atoms with Gasteiger partial charge in [-0.3, -0.25) is 14.9 Å². The lowest BCUT2D eigenvalue weighted by Gasteiger charge is -2.07. The Balaban J connectivity index is 2.01. The van der Waals surface area contributed by atoms with Gasteiger partial charge in [-0.05, 0) is 31.2 Å². The Morgan fingerprint density at radius 1 is 1.18 bits per heavy atom. The summed E-state index contributed by atoms with van der Waals surface area (Å²) in [6.07, 6.45) is 2.55. The van der Waals surface area contributed by atoms with Gasteiger partial charge in [0.15, 0.2) is 0 Å². The summed E-state index contributed by atoms with van der Waals surface area (Å²) in [5, 5.41) is 12.0. The van der Waals surface area contributed by atoms with Crippen molar-refractivity contribution in [2.45, 2.75) is 13.0 Å². The van der Waals surface area contributed by atoms with E-state index >= 15 is 0 Å². The second kappa shape index (κ2) is 6.90. The molecule has 2 aromatic carbocycles. The van der Waals surface area contributed by atoms with E-state index in [-0.39, 0.29) is 11.2 Å². The van der Waals surface area contributed by atoms with Crippen LogP contribution in [0.1, 0.15) is 6.42 Å². The molecule has 0 radical (unpaired) electrons. The summed E-state index contributed by atoms with van der Waals surface area (Å²) >= 11 is 0. The SMILES string of the molecule is Cn1c(=O)c(-c2cn(CCCN)c3cc([N+](=O)[O-])ccc23)nc2ccccc21. The number of aryl methyl sites for hydroxylation is 2. The smallest absolute Gasteiger partial charge is 0.277 e. The molecule has 142 valence electrons. The Bertz CT molecular complexity index is 1270. The Labute approximate surface area is 160 Å². The van der Waals surface area contributed by atoms with Crippen LogP contribution in [0.5, 0.6) is 0 Å². The Morgan fingerprint density at radius 2 is 1.96 bits per heavy atom. The number of hydrogen-bond acceptors (Lipinski definition) is 5. The highest BCUT2D eigenvalue weighted by molar-refractivity contribution is 5.97. The second-order valence-electron chi connectivity index (χ2n) is 6.65. The number of para-hydroxylation sites is 2. The number of non-ortho nitro benzene ring substituents is 1. The van der Waals surface area contributed by atoms with Crippen LogP contribution in [0.3, 0.4) is 0 Å². The number of nitrogens with zero attached hydrogens (tertiary/aromatic N) is 4. The van der Waals surface area contributed by atoms with E-state index in [1.54, 1.807) is 17.7 Å². The minimum absolute atomic E-state index is 0.00511. The van der Waals surface area contributed by atoms with Gasteiger partial charge in [0.05, 0.1) is 21.5 Å². The number of benzene rings is 2. The summed E-state index contributed by atoms with van der Waals surface area (Å²) in [4.78, 5) is 28.4. The predicted octanol–water partition coefficient (Wildman–Crippen LogP) is 2.81. The summed E-state index contributed by atoms with van der Waals surface area (Å²) in [7, 11) is 1.72. The molecule has 4 aromatic rings. The van der Waals surface area contributed by atoms with Crippen molar-refractivity contribution in [2.24, 2.45) is 12.8 Å². The molecule has 0 saturated carbocycles. The third-order valence-electron chi connectivity index (χ3n) is 4.92. The fraction of sp³-hybridized carbons (Fsp3) is 0.200. The maximum Gasteiger partial charge on any atom is 0.277 e. The number of aromatic nitrogens is 3. The molecular weight excluding hydrogens is 358 g/mol. The Kier molecular flexibility index (Phi) is 4.40. The van der Waals surface area contributed by atoms with Crippen molar-refractivity contribution in [3.63, 3.8) is 0 Å². The molecule has 2 heterocycles. The zero-order valence-electron chi connectivity index (χ0n) is 15.3. The lowest BCUT2D eigenvalue weighted by atomic mass is 10.1. The number of fused-ring (bicyclic) bond motifs is 2. The topological polar surface area (TPSA) is 109 Å². The van der Waals surface area contributed by atoms with Crippen LogP contribution in [-0.4, -0.2) is 25.6 Å². The van der Waals surface area contributed by atoms with Gasteiger partial charge in [0.1, 0.15) is 5.69 Å². The molecule has 2 N–H and O–H groups in total. The molecule has 2 aromatic heterocycles. The second-order valence-corrected chi connectivity index (χ2v) is 6.65. The molecule has 0 aliphatic rings. The summed E-state index contributed by atoms with van der Waals surface area (Å²) in [6.45, 7) is 1.10. The average molecular weight is 377 g/mol. The molecule has 8 heteroatoms. The summed E-state index contributed by atoms with van der Waals surface area (Å²) in [5.41, 5.74) is 8.56. The van der Waals surface area contributed by atoms with Crippen LogP contribution in [0.15, 0.2) is 53.5 Å². The quantitative estimate of drug-likeness (QED) is 0.425. The number of nitro groups is 1. The number of hydrogen-bond donors (Lipinski definition) is 1. The summed E-state index contributed by atoms with van der Waals surface area (Å²) in [5.74, 6) is 0. The fourth-order valence-corrected chi connectivity index (χ4v) is 3.48. The highest BCUT2D eigenvalue weighted by atomic mass is 16.6. The van der Waals surface area contributed by atoms with E-state index in [0.29, 0.717) is 35.4 Å². The van der Waals surface area contributed by atoms with Gasteiger partial charge in [-0.1, -0.05) is 12.1 Å². The van der Waals surface area contributed by atoms with Crippen LogP contribution in [0, 0.1) is 10.1 Å². The van der Waals surface area contributed by atoms with E-state index in [1.807, 2.05) is 35.0 Å². The highest BCUT2D eigenvalue weighted by Crippen LogP contribution is 2.31. The van der Waals surface area contributed by atoms with Gasteiger partial charge in [0, 0.05) is 42.9 Å². The van der Waals surface area contributed by atoms with Crippen molar-refractivity contribution in [3.05, 3.63) is 69.1 Å². The molecule has 28 heavy (non-hydrogen) atoms. The van der Waals surface area contributed by atoms with E-state index in [4.69, 9.17) is 5.73 Å². The van der Waals surface area contributed by atoms with E-state index in [9.17, 15) is 14.9 Å². The van der Waals surface area contributed by atoms with Crippen molar-refractivity contribution < 1.29 is 4.92 Å². The molecule has 8 nitrogen and oxygen atoms in total. The van der Waals surface area contributed by atoms with E-state index in [1.165, 1.54) is 12.1 Å². The van der Waals surface area contributed by atoms with Gasteiger partial charge in [-0.15, -0.1) is 0 Å². The Morgan fingerprint density at radius 3 is 2.71 bits per heavy atom. The molecule has 0 spiro atoms. The van der Waals surface area contributed by atoms with Crippen LogP contribution in [-0.2, 0) is 13.6 Å². The predicted molar refractivity (Wildman–Crippen MR) is 108 cm³/mol. The molecule has 0 atom stereocenters.